The number of pyridine rings is 1. The van der Waals surface area contributed by atoms with Crippen LogP contribution >= 0.6 is 0 Å². The van der Waals surface area contributed by atoms with Crippen LogP contribution in [0.2, 0.25) is 0 Å². The number of nitrogens with one attached hydrogen (secondary N) is 1. The summed E-state index contributed by atoms with van der Waals surface area (Å²) in [5.41, 5.74) is 0.229. The van der Waals surface area contributed by atoms with Crippen LogP contribution in [0.3, 0.4) is 0 Å². The normalized spacial score (nSPS) is 11.7. The Morgan fingerprint density at radius 3 is 2.33 bits per heavy atom. The molecule has 11 heteroatoms. The van der Waals surface area contributed by atoms with Gasteiger partial charge in [0, 0.05) is 6.07 Å². The number of nitrogens with zero attached hydrogens (tertiary/aromatic N) is 1. The van der Waals surface area contributed by atoms with Crippen LogP contribution in [0, 0.1) is 0 Å². The van der Waals surface area contributed by atoms with Gasteiger partial charge in [-0.25, -0.2) is 18.2 Å². The topological polar surface area (TPSA) is 94.6 Å². The summed E-state index contributed by atoms with van der Waals surface area (Å²) in [7, 11) is -3.98. The molecule has 0 fully saturated rings. The van der Waals surface area contributed by atoms with Crippen LogP contribution in [0.15, 0.2) is 47.5 Å². The Morgan fingerprint density at radius 1 is 1.15 bits per heavy atom. The fraction of sp³-hybridized carbons (Fsp3) is 0.250. The number of hydrogen-bond donors (Lipinski definition) is 1. The third-order valence-electron chi connectivity index (χ3n) is 3.05. The maximum Gasteiger partial charge on any atom is 0.422 e. The van der Waals surface area contributed by atoms with Gasteiger partial charge in [-0.05, 0) is 37.3 Å². The van der Waals surface area contributed by atoms with Crippen molar-refractivity contribution in [3.8, 4) is 5.88 Å². The van der Waals surface area contributed by atoms with E-state index in [4.69, 9.17) is 4.74 Å². The molecule has 1 heterocycles. The molecule has 0 spiro atoms. The third-order valence-corrected chi connectivity index (χ3v) is 4.45. The average molecular weight is 404 g/mol. The van der Waals surface area contributed by atoms with Crippen LogP contribution in [-0.2, 0) is 14.8 Å². The average Bonchev–Trinajstić information content (AvgIpc) is 2.60. The lowest BCUT2D eigenvalue weighted by molar-refractivity contribution is -0.154. The molecule has 0 aliphatic rings. The van der Waals surface area contributed by atoms with E-state index in [1.807, 2.05) is 0 Å². The van der Waals surface area contributed by atoms with Crippen molar-refractivity contribution >= 4 is 21.7 Å². The summed E-state index contributed by atoms with van der Waals surface area (Å²) in [6.45, 7) is 0.335. The van der Waals surface area contributed by atoms with Crippen molar-refractivity contribution in [3.05, 3.63) is 48.2 Å². The minimum Gasteiger partial charge on any atom is -0.468 e. The number of halogens is 3. The molecule has 2 rings (SSSR count). The van der Waals surface area contributed by atoms with Crippen LogP contribution in [0.5, 0.6) is 5.88 Å². The molecule has 1 aromatic carbocycles. The minimum absolute atomic E-state index is 0.0313. The van der Waals surface area contributed by atoms with Gasteiger partial charge in [-0.15, -0.1) is 0 Å². The number of rotatable bonds is 7. The Hall–Kier alpha value is -2.82. The van der Waals surface area contributed by atoms with E-state index in [0.717, 1.165) is 12.3 Å². The number of aromatic nitrogens is 1. The fourth-order valence-electron chi connectivity index (χ4n) is 1.88. The first kappa shape index (κ1) is 20.5. The first-order valence-electron chi connectivity index (χ1n) is 7.56. The molecule has 1 aromatic heterocycles. The molecule has 0 aliphatic carbocycles. The van der Waals surface area contributed by atoms with Gasteiger partial charge in [-0.2, -0.15) is 13.2 Å². The van der Waals surface area contributed by atoms with Gasteiger partial charge in [-0.3, -0.25) is 4.72 Å². The molecule has 0 unspecified atom stereocenters. The molecular weight excluding hydrogens is 389 g/mol. The molecular formula is C16H15F3N2O5S. The highest BCUT2D eigenvalue weighted by atomic mass is 32.2. The van der Waals surface area contributed by atoms with Crippen molar-refractivity contribution in [1.82, 2.24) is 4.98 Å². The molecule has 0 saturated carbocycles. The molecule has 7 nitrogen and oxygen atoms in total. The SMILES string of the molecule is CCOC(=O)c1ccc(S(=O)(=O)Nc2ccc(OCC(F)(F)F)nc2)cc1. The summed E-state index contributed by atoms with van der Waals surface area (Å²) < 4.78 is 72.3. The van der Waals surface area contributed by atoms with Crippen LogP contribution in [-0.4, -0.2) is 38.8 Å². The number of ether oxygens (including phenoxy) is 2. The Bertz CT molecular complexity index is 882. The zero-order chi connectivity index (χ0) is 20.1. The van der Waals surface area contributed by atoms with Gasteiger partial charge in [0.25, 0.3) is 10.0 Å². The van der Waals surface area contributed by atoms with Crippen molar-refractivity contribution in [1.29, 1.82) is 0 Å². The molecule has 0 saturated heterocycles. The maximum absolute atomic E-state index is 12.3. The predicted molar refractivity (Wildman–Crippen MR) is 89.0 cm³/mol. The largest absolute Gasteiger partial charge is 0.468 e. The number of carbonyl (C=O) groups is 1. The van der Waals surface area contributed by atoms with Crippen LogP contribution in [0.25, 0.3) is 0 Å². The third kappa shape index (κ3) is 6.13. The second kappa shape index (κ2) is 8.25. The number of anilines is 1. The quantitative estimate of drug-likeness (QED) is 0.713. The highest BCUT2D eigenvalue weighted by molar-refractivity contribution is 7.92. The lowest BCUT2D eigenvalue weighted by Gasteiger charge is -2.10. The van der Waals surface area contributed by atoms with E-state index in [0.29, 0.717) is 0 Å². The smallest absolute Gasteiger partial charge is 0.422 e. The molecule has 0 amide bonds. The standard InChI is InChI=1S/C16H15F3N2O5S/c1-2-25-15(22)11-3-6-13(7-4-11)27(23,24)21-12-5-8-14(20-9-12)26-10-16(17,18)19/h3-9,21H,2,10H2,1H3. The lowest BCUT2D eigenvalue weighted by atomic mass is 10.2. The molecule has 2 aromatic rings. The van der Waals surface area contributed by atoms with E-state index in [9.17, 15) is 26.4 Å². The number of hydrogen-bond acceptors (Lipinski definition) is 6. The highest BCUT2D eigenvalue weighted by Gasteiger charge is 2.28. The number of benzene rings is 1. The van der Waals surface area contributed by atoms with E-state index in [2.05, 4.69) is 14.4 Å². The number of esters is 1. The molecule has 0 atom stereocenters. The summed E-state index contributed by atoms with van der Waals surface area (Å²) in [6, 6.07) is 7.38. The summed E-state index contributed by atoms with van der Waals surface area (Å²) >= 11 is 0. The Balaban J connectivity index is 2.06. The zero-order valence-electron chi connectivity index (χ0n) is 14.0. The van der Waals surface area contributed by atoms with Gasteiger partial charge in [0.2, 0.25) is 5.88 Å². The van der Waals surface area contributed by atoms with Gasteiger partial charge >= 0.3 is 12.1 Å². The Kier molecular flexibility index (Phi) is 6.26. The van der Waals surface area contributed by atoms with E-state index in [-0.39, 0.29) is 28.6 Å². The number of alkyl halides is 3. The number of sulfonamides is 1. The van der Waals surface area contributed by atoms with E-state index in [1.165, 1.54) is 30.3 Å². The predicted octanol–water partition coefficient (Wildman–Crippen LogP) is 3.00. The van der Waals surface area contributed by atoms with E-state index >= 15 is 0 Å². The summed E-state index contributed by atoms with van der Waals surface area (Å²) in [6.07, 6.45) is -3.48. The number of carbonyl (C=O) groups excluding carboxylic acids is 1. The highest BCUT2D eigenvalue weighted by Crippen LogP contribution is 2.20. The van der Waals surface area contributed by atoms with Crippen molar-refractivity contribution in [2.75, 3.05) is 17.9 Å². The second-order valence-electron chi connectivity index (χ2n) is 5.14. The summed E-state index contributed by atoms with van der Waals surface area (Å²) in [5, 5.41) is 0. The van der Waals surface area contributed by atoms with E-state index in [1.54, 1.807) is 6.92 Å². The Morgan fingerprint density at radius 2 is 1.81 bits per heavy atom. The first-order chi connectivity index (χ1) is 12.6. The molecule has 1 N–H and O–H groups in total. The lowest BCUT2D eigenvalue weighted by Crippen LogP contribution is -2.19. The molecule has 146 valence electrons. The van der Waals surface area contributed by atoms with Gasteiger partial charge in [0.05, 0.1) is 29.0 Å². The Labute approximate surface area is 153 Å². The minimum atomic E-state index is -4.50. The maximum atomic E-state index is 12.3. The second-order valence-corrected chi connectivity index (χ2v) is 6.82. The monoisotopic (exact) mass is 404 g/mol. The van der Waals surface area contributed by atoms with Crippen molar-refractivity contribution in [2.45, 2.75) is 18.0 Å². The van der Waals surface area contributed by atoms with Crippen LogP contribution in [0.1, 0.15) is 17.3 Å². The van der Waals surface area contributed by atoms with Crippen molar-refractivity contribution in [3.63, 3.8) is 0 Å². The zero-order valence-corrected chi connectivity index (χ0v) is 14.8. The first-order valence-corrected chi connectivity index (χ1v) is 9.04. The molecule has 0 aliphatic heterocycles. The van der Waals surface area contributed by atoms with Crippen LogP contribution < -0.4 is 9.46 Å². The fourth-order valence-corrected chi connectivity index (χ4v) is 2.92. The van der Waals surface area contributed by atoms with E-state index < -0.39 is 28.8 Å². The van der Waals surface area contributed by atoms with Gasteiger partial charge in [0.15, 0.2) is 6.61 Å². The molecule has 27 heavy (non-hydrogen) atoms. The molecule has 0 radical (unpaired) electrons. The van der Waals surface area contributed by atoms with Gasteiger partial charge in [-0.1, -0.05) is 0 Å². The van der Waals surface area contributed by atoms with Crippen molar-refractivity contribution in [2.24, 2.45) is 0 Å². The molecule has 0 bridgehead atoms. The van der Waals surface area contributed by atoms with Gasteiger partial charge in [0.1, 0.15) is 0 Å². The van der Waals surface area contributed by atoms with Gasteiger partial charge < -0.3 is 9.47 Å². The summed E-state index contributed by atoms with van der Waals surface area (Å²) in [5.74, 6) is -0.873. The van der Waals surface area contributed by atoms with Crippen LogP contribution in [0.4, 0.5) is 18.9 Å². The van der Waals surface area contributed by atoms with Crippen molar-refractivity contribution < 1.29 is 35.9 Å². The summed E-state index contributed by atoms with van der Waals surface area (Å²) in [4.78, 5) is 15.1.